The van der Waals surface area contributed by atoms with Crippen LogP contribution in [0.25, 0.3) is 0 Å². The van der Waals surface area contributed by atoms with E-state index < -0.39 is 0 Å². The third kappa shape index (κ3) is 4.62. The first-order valence-corrected chi connectivity index (χ1v) is 7.37. The first-order valence-electron chi connectivity index (χ1n) is 7.37. The van der Waals surface area contributed by atoms with Crippen LogP contribution in [0.1, 0.15) is 24.8 Å². The number of carbonyl (C=O) groups excluding carboxylic acids is 1. The van der Waals surface area contributed by atoms with Crippen LogP contribution < -0.4 is 5.32 Å². The molecule has 1 atom stereocenters. The fourth-order valence-corrected chi connectivity index (χ4v) is 2.84. The highest BCUT2D eigenvalue weighted by molar-refractivity contribution is 5.92. The number of aliphatic hydroxyl groups excluding tert-OH is 1. The Morgan fingerprint density at radius 1 is 1.50 bits per heavy atom. The third-order valence-corrected chi connectivity index (χ3v) is 3.81. The maximum Gasteiger partial charge on any atom is 0.238 e. The maximum absolute atomic E-state index is 12.1. The molecule has 1 aromatic rings. The van der Waals surface area contributed by atoms with E-state index in [0.717, 1.165) is 43.6 Å². The lowest BCUT2D eigenvalue weighted by atomic mass is 9.95. The van der Waals surface area contributed by atoms with Crippen LogP contribution in [0.3, 0.4) is 0 Å². The summed E-state index contributed by atoms with van der Waals surface area (Å²) in [5.41, 5.74) is 2.00. The topological polar surface area (TPSA) is 52.6 Å². The summed E-state index contributed by atoms with van der Waals surface area (Å²) < 4.78 is 0. The van der Waals surface area contributed by atoms with Gasteiger partial charge in [-0.05, 0) is 56.3 Å². The number of nitrogens with zero attached hydrogens (tertiary/aromatic N) is 1. The van der Waals surface area contributed by atoms with Crippen LogP contribution >= 0.6 is 0 Å². The van der Waals surface area contributed by atoms with Crippen molar-refractivity contribution in [2.24, 2.45) is 5.92 Å². The van der Waals surface area contributed by atoms with Gasteiger partial charge in [0.25, 0.3) is 0 Å². The van der Waals surface area contributed by atoms with E-state index in [9.17, 15) is 4.79 Å². The number of hydrogen-bond donors (Lipinski definition) is 2. The highest BCUT2D eigenvalue weighted by Crippen LogP contribution is 2.19. The van der Waals surface area contributed by atoms with Crippen molar-refractivity contribution in [1.82, 2.24) is 4.90 Å². The SMILES string of the molecule is Cc1cccc(NC(=O)CN2CCCC(CCO)C2)c1. The lowest BCUT2D eigenvalue weighted by molar-refractivity contribution is -0.117. The number of carbonyl (C=O) groups is 1. The highest BCUT2D eigenvalue weighted by atomic mass is 16.3. The molecule has 1 aliphatic rings. The van der Waals surface area contributed by atoms with Crippen molar-refractivity contribution in [2.75, 3.05) is 31.6 Å². The molecule has 2 N–H and O–H groups in total. The first-order chi connectivity index (χ1) is 9.67. The standard InChI is InChI=1S/C16H24N2O2/c1-13-4-2-6-15(10-13)17-16(20)12-18-8-3-5-14(11-18)7-9-19/h2,4,6,10,14,19H,3,5,7-9,11-12H2,1H3,(H,17,20). The van der Waals surface area contributed by atoms with Crippen molar-refractivity contribution in [3.8, 4) is 0 Å². The van der Waals surface area contributed by atoms with Gasteiger partial charge in [0.15, 0.2) is 0 Å². The number of likely N-dealkylation sites (tertiary alicyclic amines) is 1. The molecule has 2 rings (SSSR count). The predicted octanol–water partition coefficient (Wildman–Crippen LogP) is 2.03. The second-order valence-electron chi connectivity index (χ2n) is 5.67. The molecule has 1 aliphatic heterocycles. The van der Waals surface area contributed by atoms with Crippen LogP contribution in [0.2, 0.25) is 0 Å². The van der Waals surface area contributed by atoms with Gasteiger partial charge in [-0.15, -0.1) is 0 Å². The van der Waals surface area contributed by atoms with E-state index in [2.05, 4.69) is 10.2 Å². The number of nitrogens with one attached hydrogen (secondary N) is 1. The lowest BCUT2D eigenvalue weighted by Gasteiger charge is -2.31. The minimum Gasteiger partial charge on any atom is -0.396 e. The number of hydrogen-bond acceptors (Lipinski definition) is 3. The normalized spacial score (nSPS) is 19.8. The summed E-state index contributed by atoms with van der Waals surface area (Å²) in [5.74, 6) is 0.570. The Morgan fingerprint density at radius 3 is 3.10 bits per heavy atom. The fourth-order valence-electron chi connectivity index (χ4n) is 2.84. The molecule has 110 valence electrons. The number of amides is 1. The Balaban J connectivity index is 1.82. The number of piperidine rings is 1. The Bertz CT molecular complexity index is 446. The number of aryl methyl sites for hydroxylation is 1. The Labute approximate surface area is 120 Å². The van der Waals surface area contributed by atoms with Crippen molar-refractivity contribution in [1.29, 1.82) is 0 Å². The molecule has 4 nitrogen and oxygen atoms in total. The van der Waals surface area contributed by atoms with Crippen LogP contribution in [-0.2, 0) is 4.79 Å². The van der Waals surface area contributed by atoms with Crippen LogP contribution in [0.5, 0.6) is 0 Å². The second kappa shape index (κ2) is 7.41. The molecule has 1 amide bonds. The number of rotatable bonds is 5. The van der Waals surface area contributed by atoms with Gasteiger partial charge < -0.3 is 10.4 Å². The second-order valence-corrected chi connectivity index (χ2v) is 5.67. The summed E-state index contributed by atoms with van der Waals surface area (Å²) in [7, 11) is 0. The molecule has 0 bridgehead atoms. The quantitative estimate of drug-likeness (QED) is 0.865. The molecule has 1 heterocycles. The van der Waals surface area contributed by atoms with Crippen LogP contribution in [-0.4, -0.2) is 42.2 Å². The van der Waals surface area contributed by atoms with Gasteiger partial charge in [-0.25, -0.2) is 0 Å². The first kappa shape index (κ1) is 15.0. The molecule has 1 fully saturated rings. The minimum absolute atomic E-state index is 0.0419. The van der Waals surface area contributed by atoms with Crippen molar-refractivity contribution < 1.29 is 9.90 Å². The number of anilines is 1. The maximum atomic E-state index is 12.1. The van der Waals surface area contributed by atoms with Gasteiger partial charge in [0.2, 0.25) is 5.91 Å². The van der Waals surface area contributed by atoms with E-state index in [1.165, 1.54) is 0 Å². The summed E-state index contributed by atoms with van der Waals surface area (Å²) >= 11 is 0. The van der Waals surface area contributed by atoms with Crippen molar-refractivity contribution in [3.05, 3.63) is 29.8 Å². The Kier molecular flexibility index (Phi) is 5.56. The van der Waals surface area contributed by atoms with Gasteiger partial charge in [-0.1, -0.05) is 12.1 Å². The average Bonchev–Trinajstić information content (AvgIpc) is 2.39. The highest BCUT2D eigenvalue weighted by Gasteiger charge is 2.21. The van der Waals surface area contributed by atoms with E-state index in [1.807, 2.05) is 31.2 Å². The molecule has 0 saturated carbocycles. The fraction of sp³-hybridized carbons (Fsp3) is 0.562. The molecular weight excluding hydrogens is 252 g/mol. The smallest absolute Gasteiger partial charge is 0.238 e. The molecule has 0 radical (unpaired) electrons. The Morgan fingerprint density at radius 2 is 2.35 bits per heavy atom. The van der Waals surface area contributed by atoms with E-state index in [4.69, 9.17) is 5.11 Å². The zero-order valence-electron chi connectivity index (χ0n) is 12.1. The lowest BCUT2D eigenvalue weighted by Crippen LogP contribution is -2.40. The largest absolute Gasteiger partial charge is 0.396 e. The van der Waals surface area contributed by atoms with Crippen molar-refractivity contribution >= 4 is 11.6 Å². The van der Waals surface area contributed by atoms with Crippen molar-refractivity contribution in [3.63, 3.8) is 0 Å². The van der Waals surface area contributed by atoms with E-state index in [0.29, 0.717) is 12.5 Å². The molecule has 1 unspecified atom stereocenters. The summed E-state index contributed by atoms with van der Waals surface area (Å²) in [6.45, 7) is 4.59. The van der Waals surface area contributed by atoms with Crippen LogP contribution in [0.15, 0.2) is 24.3 Å². The summed E-state index contributed by atoms with van der Waals surface area (Å²) in [5, 5.41) is 12.0. The monoisotopic (exact) mass is 276 g/mol. The van der Waals surface area contributed by atoms with E-state index in [1.54, 1.807) is 0 Å². The molecule has 1 aromatic carbocycles. The number of aliphatic hydroxyl groups is 1. The number of benzene rings is 1. The van der Waals surface area contributed by atoms with E-state index >= 15 is 0 Å². The molecule has 1 saturated heterocycles. The molecule has 0 aromatic heterocycles. The molecule has 0 spiro atoms. The van der Waals surface area contributed by atoms with Crippen molar-refractivity contribution in [2.45, 2.75) is 26.2 Å². The van der Waals surface area contributed by atoms with Gasteiger partial charge in [0, 0.05) is 18.8 Å². The van der Waals surface area contributed by atoms with E-state index in [-0.39, 0.29) is 12.5 Å². The Hall–Kier alpha value is -1.39. The van der Waals surface area contributed by atoms with Crippen LogP contribution in [0.4, 0.5) is 5.69 Å². The summed E-state index contributed by atoms with van der Waals surface area (Å²) in [4.78, 5) is 14.2. The summed E-state index contributed by atoms with van der Waals surface area (Å²) in [6.07, 6.45) is 3.12. The zero-order chi connectivity index (χ0) is 14.4. The van der Waals surface area contributed by atoms with Gasteiger partial charge in [-0.3, -0.25) is 9.69 Å². The van der Waals surface area contributed by atoms with Gasteiger partial charge >= 0.3 is 0 Å². The molecule has 0 aliphatic carbocycles. The molecular formula is C16H24N2O2. The predicted molar refractivity (Wildman–Crippen MR) is 80.7 cm³/mol. The zero-order valence-corrected chi connectivity index (χ0v) is 12.1. The van der Waals surface area contributed by atoms with Gasteiger partial charge in [0.1, 0.15) is 0 Å². The summed E-state index contributed by atoms with van der Waals surface area (Å²) in [6, 6.07) is 7.85. The minimum atomic E-state index is 0.0419. The van der Waals surface area contributed by atoms with Crippen LogP contribution in [0, 0.1) is 12.8 Å². The third-order valence-electron chi connectivity index (χ3n) is 3.81. The molecule has 4 heteroatoms. The average molecular weight is 276 g/mol. The van der Waals surface area contributed by atoms with Gasteiger partial charge in [-0.2, -0.15) is 0 Å². The molecule has 20 heavy (non-hydrogen) atoms. The van der Waals surface area contributed by atoms with Gasteiger partial charge in [0.05, 0.1) is 6.54 Å².